The molecule has 3 saturated heterocycles. The predicted molar refractivity (Wildman–Crippen MR) is 202 cm³/mol. The Balaban J connectivity index is 0.837. The Bertz CT molecular complexity index is 2570. The number of aromatic nitrogens is 6. The summed E-state index contributed by atoms with van der Waals surface area (Å²) >= 11 is 0. The number of imidazole rings is 2. The van der Waals surface area contributed by atoms with Gasteiger partial charge in [0.05, 0.1) is 57.1 Å². The minimum Gasteiger partial charge on any atom is -0.444 e. The molecule has 3 saturated carbocycles. The molecule has 0 spiro atoms. The summed E-state index contributed by atoms with van der Waals surface area (Å²) in [7, 11) is 0. The molecule has 12 nitrogen and oxygen atoms in total. The first-order valence-corrected chi connectivity index (χ1v) is 19.1. The first kappa shape index (κ1) is 32.0. The highest BCUT2D eigenvalue weighted by molar-refractivity contribution is 5.88. The van der Waals surface area contributed by atoms with Crippen LogP contribution < -0.4 is 0 Å². The molecule has 2 bridgehead atoms. The molecule has 0 radical (unpaired) electrons. The molecule has 6 heterocycles. The number of H-pyrrole nitrogens is 2. The number of amides is 2. The normalized spacial score (nSPS) is 27.7. The van der Waals surface area contributed by atoms with E-state index in [2.05, 4.69) is 40.3 Å². The molecular weight excluding hydrogens is 681 g/mol. The quantitative estimate of drug-likeness (QED) is 0.185. The molecule has 6 fully saturated rings. The van der Waals surface area contributed by atoms with Crippen LogP contribution in [0.3, 0.4) is 0 Å². The first-order valence-electron chi connectivity index (χ1n) is 19.1. The van der Waals surface area contributed by atoms with Gasteiger partial charge in [0.2, 0.25) is 0 Å². The van der Waals surface area contributed by atoms with Crippen molar-refractivity contribution < 1.29 is 19.1 Å². The van der Waals surface area contributed by atoms with E-state index in [0.29, 0.717) is 29.7 Å². The molecule has 2 N–H and O–H groups in total. The maximum atomic E-state index is 13.2. The molecule has 6 aromatic rings. The maximum Gasteiger partial charge on any atom is 0.411 e. The summed E-state index contributed by atoms with van der Waals surface area (Å²) in [5.41, 5.74) is 7.84. The highest BCUT2D eigenvalue weighted by Crippen LogP contribution is 2.81. The van der Waals surface area contributed by atoms with Gasteiger partial charge in [0.25, 0.3) is 0 Å². The van der Waals surface area contributed by atoms with Crippen molar-refractivity contribution in [3.05, 3.63) is 72.4 Å². The second-order valence-electron chi connectivity index (χ2n) is 17.9. The topological polar surface area (TPSA) is 142 Å². The predicted octanol–water partition coefficient (Wildman–Crippen LogP) is 8.32. The minimum absolute atomic E-state index is 0.0656. The number of likely N-dealkylation sites (tertiary alicyclic amines) is 1. The Morgan fingerprint density at radius 2 is 1.26 bits per heavy atom. The summed E-state index contributed by atoms with van der Waals surface area (Å²) < 4.78 is 11.5. The summed E-state index contributed by atoms with van der Waals surface area (Å²) in [5, 5.41) is 0. The van der Waals surface area contributed by atoms with Crippen molar-refractivity contribution in [3.63, 3.8) is 0 Å². The van der Waals surface area contributed by atoms with E-state index in [4.69, 9.17) is 29.4 Å². The highest BCUT2D eigenvalue weighted by atomic mass is 16.6. The molecule has 3 aliphatic carbocycles. The van der Waals surface area contributed by atoms with Crippen molar-refractivity contribution in [2.45, 2.75) is 89.8 Å². The average Bonchev–Trinajstić information content (AvgIpc) is 3.94. The molecule has 274 valence electrons. The SMILES string of the molecule is CC(C)(C)OC(=O)N1[C@H](c2nc3ccc(-c4ccc5nc(-c6ccc7nc([C@@H]8C[C@H]9C[C@H]9N8C(=O)OC(C)(C)C)[nH]c7c6)cnc5c4)cc3[nH]2)C2C3[C@H]2[C@@H]31. The molecular formula is C42H42N8O4. The molecule has 6 aliphatic rings. The molecule has 3 aliphatic heterocycles. The molecule has 12 rings (SSSR count). The van der Waals surface area contributed by atoms with Gasteiger partial charge in [0.1, 0.15) is 22.9 Å². The molecule has 54 heavy (non-hydrogen) atoms. The van der Waals surface area contributed by atoms with E-state index in [9.17, 15) is 9.59 Å². The smallest absolute Gasteiger partial charge is 0.411 e. The Morgan fingerprint density at radius 1 is 0.667 bits per heavy atom. The Hall–Kier alpha value is -5.52. The van der Waals surface area contributed by atoms with Crippen LogP contribution in [0.1, 0.15) is 78.1 Å². The van der Waals surface area contributed by atoms with Crippen molar-refractivity contribution in [3.8, 4) is 22.4 Å². The number of piperidine rings is 2. The summed E-state index contributed by atoms with van der Waals surface area (Å²) in [6.45, 7) is 11.4. The van der Waals surface area contributed by atoms with Crippen molar-refractivity contribution in [1.29, 1.82) is 0 Å². The van der Waals surface area contributed by atoms with Crippen LogP contribution in [0.25, 0.3) is 55.5 Å². The third-order valence-corrected chi connectivity index (χ3v) is 11.9. The highest BCUT2D eigenvalue weighted by Gasteiger charge is 2.86. The Labute approximate surface area is 311 Å². The lowest BCUT2D eigenvalue weighted by Gasteiger charge is -2.29. The van der Waals surface area contributed by atoms with Gasteiger partial charge in [-0.2, -0.15) is 0 Å². The summed E-state index contributed by atoms with van der Waals surface area (Å²) in [6.07, 6.45) is 3.22. The number of aromatic amines is 2. The molecule has 2 amide bonds. The maximum absolute atomic E-state index is 13.2. The monoisotopic (exact) mass is 722 g/mol. The van der Waals surface area contributed by atoms with Gasteiger partial charge in [-0.15, -0.1) is 0 Å². The van der Waals surface area contributed by atoms with Crippen molar-refractivity contribution >= 4 is 45.3 Å². The van der Waals surface area contributed by atoms with Crippen LogP contribution in [0.4, 0.5) is 9.59 Å². The van der Waals surface area contributed by atoms with Crippen molar-refractivity contribution in [1.82, 2.24) is 39.7 Å². The first-order chi connectivity index (χ1) is 25.8. The summed E-state index contributed by atoms with van der Waals surface area (Å²) in [6, 6.07) is 18.8. The van der Waals surface area contributed by atoms with Gasteiger partial charge in [-0.25, -0.2) is 24.5 Å². The number of fused-ring (bicyclic) bond motifs is 5. The van der Waals surface area contributed by atoms with Gasteiger partial charge in [-0.05, 0) is 126 Å². The fourth-order valence-corrected chi connectivity index (χ4v) is 9.37. The van der Waals surface area contributed by atoms with Crippen LogP contribution in [0.5, 0.6) is 0 Å². The van der Waals surface area contributed by atoms with Gasteiger partial charge in [0, 0.05) is 17.6 Å². The minimum atomic E-state index is -0.551. The van der Waals surface area contributed by atoms with Crippen LogP contribution >= 0.6 is 0 Å². The zero-order valence-corrected chi connectivity index (χ0v) is 31.1. The lowest BCUT2D eigenvalue weighted by atomic mass is 10.0. The summed E-state index contributed by atoms with van der Waals surface area (Å²) in [4.78, 5) is 56.9. The van der Waals surface area contributed by atoms with E-state index in [1.807, 2.05) is 81.8 Å². The zero-order valence-electron chi connectivity index (χ0n) is 31.1. The van der Waals surface area contributed by atoms with E-state index >= 15 is 0 Å². The van der Waals surface area contributed by atoms with Gasteiger partial charge < -0.3 is 19.4 Å². The van der Waals surface area contributed by atoms with Crippen molar-refractivity contribution in [2.24, 2.45) is 23.7 Å². The lowest BCUT2D eigenvalue weighted by Crippen LogP contribution is -2.38. The number of rotatable bonds is 4. The number of ether oxygens (including phenoxy) is 2. The second kappa shape index (κ2) is 10.6. The van der Waals surface area contributed by atoms with Gasteiger partial charge in [0.15, 0.2) is 0 Å². The Morgan fingerprint density at radius 3 is 1.96 bits per heavy atom. The van der Waals surface area contributed by atoms with Crippen molar-refractivity contribution in [2.75, 3.05) is 0 Å². The number of benzene rings is 3. The van der Waals surface area contributed by atoms with Crippen LogP contribution in [0.15, 0.2) is 60.8 Å². The number of carbonyl (C=O) groups is 2. The second-order valence-corrected chi connectivity index (χ2v) is 17.9. The number of nitrogens with zero attached hydrogens (tertiary/aromatic N) is 6. The van der Waals surface area contributed by atoms with Crippen LogP contribution in [-0.4, -0.2) is 75.2 Å². The van der Waals surface area contributed by atoms with E-state index in [0.717, 1.165) is 80.0 Å². The third kappa shape index (κ3) is 5.01. The number of hydrogen-bond donors (Lipinski definition) is 2. The van der Waals surface area contributed by atoms with E-state index < -0.39 is 11.2 Å². The third-order valence-electron chi connectivity index (χ3n) is 11.9. The summed E-state index contributed by atoms with van der Waals surface area (Å²) in [5.74, 6) is 3.80. The van der Waals surface area contributed by atoms with E-state index in [1.54, 1.807) is 0 Å². The largest absolute Gasteiger partial charge is 0.444 e. The molecule has 3 aromatic heterocycles. The standard InChI is InChI=1S/C42H42N8O4/c1-41(2,3)53-39(51)49-30-16-22(30)17-31(49)37-45-24-12-9-21(15-28(24)47-37)29-18-43-26-13-19(7-10-23(26)44-29)20-8-11-25-27(14-20)48-38(46-25)36-34-32-33(34)35(32)50(36)40(52)54-42(4,5)6/h7-15,18,22,30-36H,16-17H2,1-6H3,(H,45,47)(H,46,48)/t22-,30-,31+,32-,33?,34?,35+,36+/m1/s1. The number of carbonyl (C=O) groups excluding carboxylic acids is 2. The molecule has 8 atom stereocenters. The van der Waals surface area contributed by atoms with Crippen LogP contribution in [0.2, 0.25) is 0 Å². The van der Waals surface area contributed by atoms with Crippen LogP contribution in [0, 0.1) is 23.7 Å². The molecule has 12 heteroatoms. The van der Waals surface area contributed by atoms with E-state index in [1.165, 1.54) is 0 Å². The Kier molecular flexibility index (Phi) is 6.26. The van der Waals surface area contributed by atoms with Gasteiger partial charge >= 0.3 is 12.2 Å². The fourth-order valence-electron chi connectivity index (χ4n) is 9.37. The fraction of sp³-hybridized carbons (Fsp3) is 0.429. The van der Waals surface area contributed by atoms with Crippen LogP contribution in [-0.2, 0) is 9.47 Å². The van der Waals surface area contributed by atoms with Gasteiger partial charge in [-0.1, -0.05) is 18.2 Å². The zero-order chi connectivity index (χ0) is 37.0. The molecule has 3 aromatic carbocycles. The lowest BCUT2D eigenvalue weighted by molar-refractivity contribution is 0.0172. The van der Waals surface area contributed by atoms with Gasteiger partial charge in [-0.3, -0.25) is 14.8 Å². The average molecular weight is 723 g/mol. The number of hydrogen-bond acceptors (Lipinski definition) is 8. The van der Waals surface area contributed by atoms with E-state index in [-0.39, 0.29) is 30.3 Å². The number of nitrogens with one attached hydrogen (secondary N) is 2. The molecule has 2 unspecified atom stereocenters.